The second-order valence-corrected chi connectivity index (χ2v) is 10.8. The summed E-state index contributed by atoms with van der Waals surface area (Å²) in [7, 11) is 0. The lowest BCUT2D eigenvalue weighted by Crippen LogP contribution is -2.43. The van der Waals surface area contributed by atoms with Crippen LogP contribution in [0.3, 0.4) is 0 Å². The highest BCUT2D eigenvalue weighted by Gasteiger charge is 2.34. The number of likely N-dealkylation sites (N-methyl/N-ethyl adjacent to an activating group) is 1. The molecule has 6 nitrogen and oxygen atoms in total. The van der Waals surface area contributed by atoms with E-state index in [4.69, 9.17) is 16.0 Å². The van der Waals surface area contributed by atoms with E-state index in [1.54, 1.807) is 48.2 Å². The molecule has 0 bridgehead atoms. The van der Waals surface area contributed by atoms with Crippen molar-refractivity contribution in [1.29, 1.82) is 0 Å². The Morgan fingerprint density at radius 3 is 2.49 bits per heavy atom. The number of alkyl halides is 3. The molecule has 212 valence electrons. The highest BCUT2D eigenvalue weighted by Crippen LogP contribution is 2.33. The number of amides is 1. The van der Waals surface area contributed by atoms with Gasteiger partial charge in [0.15, 0.2) is 4.80 Å². The standard InChI is InChI=1S/C30H25ClF3N3O3S/c1-4-36(5-2)28(39)25-17(3)35-29-37(26(25)18-9-11-21(31)12-10-18)27(38)24(41-29)16-22-13-14-23(40-22)19-7-6-8-20(15-19)30(32,33)34/h6-16,26H,4-5H2,1-3H3/b24-16+/t26-/m0/s1. The van der Waals surface area contributed by atoms with Gasteiger partial charge in [0, 0.05) is 29.8 Å². The molecule has 41 heavy (non-hydrogen) atoms. The first-order valence-corrected chi connectivity index (χ1v) is 14.1. The lowest BCUT2D eigenvalue weighted by atomic mass is 9.94. The van der Waals surface area contributed by atoms with E-state index in [0.717, 1.165) is 23.5 Å². The smallest absolute Gasteiger partial charge is 0.416 e. The Labute approximate surface area is 242 Å². The average Bonchev–Trinajstić information content (AvgIpc) is 3.53. The summed E-state index contributed by atoms with van der Waals surface area (Å²) in [6.45, 7) is 6.53. The topological polar surface area (TPSA) is 67.8 Å². The second-order valence-electron chi connectivity index (χ2n) is 9.39. The fraction of sp³-hybridized carbons (Fsp3) is 0.233. The van der Waals surface area contributed by atoms with Crippen LogP contribution in [0, 0.1) is 0 Å². The number of allylic oxidation sites excluding steroid dienone is 1. The second kappa shape index (κ2) is 11.2. The molecule has 0 saturated carbocycles. The Morgan fingerprint density at radius 1 is 1.12 bits per heavy atom. The Bertz CT molecular complexity index is 1830. The largest absolute Gasteiger partial charge is 0.457 e. The molecule has 1 atom stereocenters. The summed E-state index contributed by atoms with van der Waals surface area (Å²) >= 11 is 7.27. The Morgan fingerprint density at radius 2 is 1.83 bits per heavy atom. The van der Waals surface area contributed by atoms with Crippen molar-refractivity contribution in [3.63, 3.8) is 0 Å². The summed E-state index contributed by atoms with van der Waals surface area (Å²) in [5, 5.41) is 0.521. The number of rotatable bonds is 6. The third-order valence-corrected chi connectivity index (χ3v) is 8.10. The minimum Gasteiger partial charge on any atom is -0.457 e. The predicted octanol–water partition coefficient (Wildman–Crippen LogP) is 6.04. The van der Waals surface area contributed by atoms with E-state index in [1.165, 1.54) is 22.8 Å². The van der Waals surface area contributed by atoms with Gasteiger partial charge in [-0.3, -0.25) is 14.2 Å². The SMILES string of the molecule is CCN(CC)C(=O)C1=C(C)N=c2s/c(=C/c3ccc(-c4cccc(C(F)(F)F)c4)o3)c(=O)n2[C@H]1c1ccc(Cl)cc1. The molecule has 0 N–H and O–H groups in total. The van der Waals surface area contributed by atoms with Crippen molar-refractivity contribution in [1.82, 2.24) is 9.47 Å². The molecule has 11 heteroatoms. The third kappa shape index (κ3) is 5.54. The highest BCUT2D eigenvalue weighted by atomic mass is 35.5. The van der Waals surface area contributed by atoms with Crippen LogP contribution < -0.4 is 14.9 Å². The molecule has 0 radical (unpaired) electrons. The molecule has 2 aromatic carbocycles. The summed E-state index contributed by atoms with van der Waals surface area (Å²) in [6, 6.07) is 14.2. The zero-order valence-corrected chi connectivity index (χ0v) is 23.9. The van der Waals surface area contributed by atoms with Gasteiger partial charge in [0.1, 0.15) is 11.5 Å². The Kier molecular flexibility index (Phi) is 7.80. The van der Waals surface area contributed by atoms with Crippen LogP contribution in [-0.4, -0.2) is 28.5 Å². The molecule has 1 aliphatic heterocycles. The van der Waals surface area contributed by atoms with Gasteiger partial charge in [-0.2, -0.15) is 13.2 Å². The number of thiazole rings is 1. The molecular weight excluding hydrogens is 575 g/mol. The number of hydrogen-bond acceptors (Lipinski definition) is 5. The fourth-order valence-corrected chi connectivity index (χ4v) is 5.95. The van der Waals surface area contributed by atoms with Crippen molar-refractivity contribution >= 4 is 34.9 Å². The molecule has 3 heterocycles. The molecule has 0 spiro atoms. The van der Waals surface area contributed by atoms with Gasteiger partial charge >= 0.3 is 6.18 Å². The van der Waals surface area contributed by atoms with Crippen molar-refractivity contribution in [2.45, 2.75) is 33.0 Å². The first-order valence-electron chi connectivity index (χ1n) is 12.9. The molecule has 5 rings (SSSR count). The summed E-state index contributed by atoms with van der Waals surface area (Å²) in [4.78, 5) is 34.2. The molecule has 0 unspecified atom stereocenters. The first-order chi connectivity index (χ1) is 19.5. The maximum atomic E-state index is 13.8. The molecule has 4 aromatic rings. The maximum absolute atomic E-state index is 13.8. The number of aromatic nitrogens is 1. The molecule has 0 aliphatic carbocycles. The number of nitrogens with zero attached hydrogens (tertiary/aromatic N) is 3. The monoisotopic (exact) mass is 599 g/mol. The quantitative estimate of drug-likeness (QED) is 0.272. The first kappa shape index (κ1) is 28.6. The molecule has 0 saturated heterocycles. The van der Waals surface area contributed by atoms with E-state index < -0.39 is 17.8 Å². The minimum absolute atomic E-state index is 0.206. The van der Waals surface area contributed by atoms with Crippen LogP contribution in [0.15, 0.2) is 86.1 Å². The number of halogens is 4. The van der Waals surface area contributed by atoms with E-state index in [1.807, 2.05) is 13.8 Å². The van der Waals surface area contributed by atoms with Crippen molar-refractivity contribution in [2.24, 2.45) is 4.99 Å². The number of furan rings is 1. The van der Waals surface area contributed by atoms with Crippen LogP contribution in [0.5, 0.6) is 0 Å². The van der Waals surface area contributed by atoms with Gasteiger partial charge in [-0.25, -0.2) is 4.99 Å². The van der Waals surface area contributed by atoms with Gasteiger partial charge in [-0.15, -0.1) is 0 Å². The van der Waals surface area contributed by atoms with E-state index in [-0.39, 0.29) is 22.8 Å². The molecule has 0 fully saturated rings. The van der Waals surface area contributed by atoms with E-state index in [2.05, 4.69) is 4.99 Å². The number of benzene rings is 2. The van der Waals surface area contributed by atoms with Crippen LogP contribution in [0.2, 0.25) is 5.02 Å². The van der Waals surface area contributed by atoms with Gasteiger partial charge < -0.3 is 9.32 Å². The van der Waals surface area contributed by atoms with Crippen LogP contribution in [0.1, 0.15) is 43.7 Å². The number of fused-ring (bicyclic) bond motifs is 1. The predicted molar refractivity (Wildman–Crippen MR) is 152 cm³/mol. The molecule has 2 aromatic heterocycles. The Hall–Kier alpha value is -3.89. The van der Waals surface area contributed by atoms with Gasteiger partial charge in [-0.05, 0) is 62.7 Å². The minimum atomic E-state index is -4.48. The Balaban J connectivity index is 1.61. The summed E-state index contributed by atoms with van der Waals surface area (Å²) < 4.78 is 47.2. The molecule has 1 aliphatic rings. The zero-order chi connectivity index (χ0) is 29.5. The number of hydrogen-bond donors (Lipinski definition) is 0. The highest BCUT2D eigenvalue weighted by molar-refractivity contribution is 7.07. The average molecular weight is 600 g/mol. The number of carbonyl (C=O) groups excluding carboxylic acids is 1. The van der Waals surface area contributed by atoms with E-state index in [9.17, 15) is 22.8 Å². The number of carbonyl (C=O) groups is 1. The van der Waals surface area contributed by atoms with Gasteiger partial charge in [0.2, 0.25) is 0 Å². The van der Waals surface area contributed by atoms with Crippen molar-refractivity contribution in [2.75, 3.05) is 13.1 Å². The van der Waals surface area contributed by atoms with Crippen LogP contribution >= 0.6 is 22.9 Å². The molecular formula is C30H25ClF3N3O3S. The summed E-state index contributed by atoms with van der Waals surface area (Å²) in [5.41, 5.74) is 0.729. The van der Waals surface area contributed by atoms with Gasteiger partial charge in [-0.1, -0.05) is 47.2 Å². The van der Waals surface area contributed by atoms with Crippen molar-refractivity contribution < 1.29 is 22.4 Å². The van der Waals surface area contributed by atoms with Crippen molar-refractivity contribution in [3.05, 3.63) is 114 Å². The summed E-state index contributed by atoms with van der Waals surface area (Å²) in [5.74, 6) is 0.320. The summed E-state index contributed by atoms with van der Waals surface area (Å²) in [6.07, 6.45) is -2.95. The van der Waals surface area contributed by atoms with Gasteiger partial charge in [0.25, 0.3) is 11.5 Å². The third-order valence-electron chi connectivity index (χ3n) is 6.86. The van der Waals surface area contributed by atoms with Crippen LogP contribution in [0.4, 0.5) is 13.2 Å². The van der Waals surface area contributed by atoms with Crippen molar-refractivity contribution in [3.8, 4) is 11.3 Å². The zero-order valence-electron chi connectivity index (χ0n) is 22.3. The fourth-order valence-electron chi connectivity index (χ4n) is 4.80. The van der Waals surface area contributed by atoms with E-state index >= 15 is 0 Å². The lowest BCUT2D eigenvalue weighted by Gasteiger charge is -2.29. The van der Waals surface area contributed by atoms with Crippen LogP contribution in [-0.2, 0) is 11.0 Å². The van der Waals surface area contributed by atoms with Crippen LogP contribution in [0.25, 0.3) is 17.4 Å². The molecule has 1 amide bonds. The lowest BCUT2D eigenvalue weighted by molar-refractivity contribution is -0.137. The van der Waals surface area contributed by atoms with E-state index in [0.29, 0.717) is 50.0 Å². The maximum Gasteiger partial charge on any atom is 0.416 e. The normalized spacial score (nSPS) is 15.6. The van der Waals surface area contributed by atoms with Gasteiger partial charge in [0.05, 0.1) is 27.4 Å².